The lowest BCUT2D eigenvalue weighted by atomic mass is 9.99. The predicted molar refractivity (Wildman–Crippen MR) is 71.8 cm³/mol. The quantitative estimate of drug-likeness (QED) is 0.780. The van der Waals surface area contributed by atoms with Gasteiger partial charge >= 0.3 is 0 Å². The molecule has 0 saturated carbocycles. The molecule has 2 heteroatoms. The lowest BCUT2D eigenvalue weighted by molar-refractivity contribution is 0.470. The first-order chi connectivity index (χ1) is 8.22. The highest BCUT2D eigenvalue weighted by atomic mass is 16.3. The predicted octanol–water partition coefficient (Wildman–Crippen LogP) is 3.42. The zero-order valence-corrected chi connectivity index (χ0v) is 10.0. The van der Waals surface area contributed by atoms with Crippen molar-refractivity contribution in [1.29, 1.82) is 0 Å². The Bertz CT molecular complexity index is 544. The zero-order chi connectivity index (χ0) is 12.3. The lowest BCUT2D eigenvalue weighted by Gasteiger charge is -2.08. The van der Waals surface area contributed by atoms with E-state index in [2.05, 4.69) is 17.1 Å². The molecule has 0 bridgehead atoms. The van der Waals surface area contributed by atoms with Gasteiger partial charge in [0.25, 0.3) is 0 Å². The first-order valence-electron chi connectivity index (χ1n) is 5.53. The largest absolute Gasteiger partial charge is 0.507 e. The Hall–Kier alpha value is -2.09. The van der Waals surface area contributed by atoms with E-state index in [1.165, 1.54) is 0 Å². The van der Waals surface area contributed by atoms with Crippen molar-refractivity contribution in [2.75, 3.05) is 7.05 Å². The van der Waals surface area contributed by atoms with Crippen LogP contribution in [0, 0.1) is 6.92 Å². The van der Waals surface area contributed by atoms with Crippen LogP contribution in [0.15, 0.2) is 47.5 Å². The summed E-state index contributed by atoms with van der Waals surface area (Å²) in [7, 11) is 1.70. The van der Waals surface area contributed by atoms with Crippen molar-refractivity contribution in [1.82, 2.24) is 0 Å². The Morgan fingerprint density at radius 1 is 1.06 bits per heavy atom. The molecule has 0 fully saturated rings. The van der Waals surface area contributed by atoms with Gasteiger partial charge in [0.05, 0.1) is 0 Å². The van der Waals surface area contributed by atoms with Crippen LogP contribution >= 0.6 is 0 Å². The highest BCUT2D eigenvalue weighted by molar-refractivity contribution is 5.87. The fraction of sp³-hybridized carbons (Fsp3) is 0.133. The standard InChI is InChI=1S/C15H15NO/c1-11-8-13(12-6-4-3-5-7-12)9-14(10-16-2)15(11)17/h3-10,17H,1-2H3. The van der Waals surface area contributed by atoms with E-state index >= 15 is 0 Å². The average Bonchev–Trinajstić information content (AvgIpc) is 2.36. The molecule has 2 nitrogen and oxygen atoms in total. The molecule has 0 aliphatic carbocycles. The van der Waals surface area contributed by atoms with Crippen molar-refractivity contribution >= 4 is 6.21 Å². The summed E-state index contributed by atoms with van der Waals surface area (Å²) in [6.45, 7) is 1.90. The van der Waals surface area contributed by atoms with Gasteiger partial charge in [0.2, 0.25) is 0 Å². The minimum Gasteiger partial charge on any atom is -0.507 e. The zero-order valence-electron chi connectivity index (χ0n) is 10.0. The summed E-state index contributed by atoms with van der Waals surface area (Å²) in [5.74, 6) is 0.301. The summed E-state index contributed by atoms with van der Waals surface area (Å²) in [4.78, 5) is 3.96. The number of nitrogens with zero attached hydrogens (tertiary/aromatic N) is 1. The van der Waals surface area contributed by atoms with Crippen LogP contribution in [0.5, 0.6) is 5.75 Å². The number of aryl methyl sites for hydroxylation is 1. The Morgan fingerprint density at radius 2 is 1.76 bits per heavy atom. The van der Waals surface area contributed by atoms with Crippen molar-refractivity contribution < 1.29 is 5.11 Å². The molecule has 17 heavy (non-hydrogen) atoms. The number of rotatable bonds is 2. The molecular weight excluding hydrogens is 210 g/mol. The van der Waals surface area contributed by atoms with Crippen LogP contribution in [0.25, 0.3) is 11.1 Å². The molecule has 0 heterocycles. The van der Waals surface area contributed by atoms with Gasteiger partial charge in [-0.15, -0.1) is 0 Å². The third-order valence-electron chi connectivity index (χ3n) is 2.71. The Morgan fingerprint density at radius 3 is 2.41 bits per heavy atom. The van der Waals surface area contributed by atoms with Crippen LogP contribution in [-0.2, 0) is 0 Å². The molecule has 0 aliphatic rings. The number of phenols is 1. The number of benzene rings is 2. The molecule has 0 atom stereocenters. The van der Waals surface area contributed by atoms with Crippen molar-refractivity contribution in [3.8, 4) is 16.9 Å². The topological polar surface area (TPSA) is 32.6 Å². The minimum atomic E-state index is 0.301. The van der Waals surface area contributed by atoms with Crippen LogP contribution in [0.3, 0.4) is 0 Å². The van der Waals surface area contributed by atoms with Gasteiger partial charge in [-0.1, -0.05) is 30.3 Å². The van der Waals surface area contributed by atoms with Crippen LogP contribution in [-0.4, -0.2) is 18.4 Å². The van der Waals surface area contributed by atoms with Gasteiger partial charge in [-0.2, -0.15) is 0 Å². The molecule has 2 aromatic rings. The number of aliphatic imine (C=N–C) groups is 1. The van der Waals surface area contributed by atoms with Crippen molar-refractivity contribution in [2.24, 2.45) is 4.99 Å². The van der Waals surface area contributed by atoms with Gasteiger partial charge in [0, 0.05) is 18.8 Å². The third-order valence-corrected chi connectivity index (χ3v) is 2.71. The van der Waals surface area contributed by atoms with Crippen LogP contribution < -0.4 is 0 Å². The number of aromatic hydroxyl groups is 1. The van der Waals surface area contributed by atoms with E-state index in [9.17, 15) is 5.11 Å². The molecule has 0 aromatic heterocycles. The van der Waals surface area contributed by atoms with E-state index in [4.69, 9.17) is 0 Å². The van der Waals surface area contributed by atoms with Crippen LogP contribution in [0.4, 0.5) is 0 Å². The highest BCUT2D eigenvalue weighted by Gasteiger charge is 2.06. The molecule has 0 radical (unpaired) electrons. The lowest BCUT2D eigenvalue weighted by Crippen LogP contribution is -1.88. The van der Waals surface area contributed by atoms with Crippen molar-refractivity contribution in [3.63, 3.8) is 0 Å². The van der Waals surface area contributed by atoms with Crippen LogP contribution in [0.1, 0.15) is 11.1 Å². The van der Waals surface area contributed by atoms with Gasteiger partial charge in [-0.05, 0) is 35.7 Å². The summed E-state index contributed by atoms with van der Waals surface area (Å²) in [5, 5.41) is 9.91. The Kier molecular flexibility index (Phi) is 3.24. The molecular formula is C15H15NO. The van der Waals surface area contributed by atoms with Gasteiger partial charge in [0.15, 0.2) is 0 Å². The summed E-state index contributed by atoms with van der Waals surface area (Å²) in [6, 6.07) is 14.0. The first kappa shape index (κ1) is 11.4. The number of phenolic OH excluding ortho intramolecular Hbond substituents is 1. The molecule has 1 N–H and O–H groups in total. The van der Waals surface area contributed by atoms with Gasteiger partial charge in [-0.25, -0.2) is 0 Å². The summed E-state index contributed by atoms with van der Waals surface area (Å²) < 4.78 is 0. The van der Waals surface area contributed by atoms with Crippen LogP contribution in [0.2, 0.25) is 0 Å². The summed E-state index contributed by atoms with van der Waals surface area (Å²) >= 11 is 0. The average molecular weight is 225 g/mol. The maximum Gasteiger partial charge on any atom is 0.127 e. The van der Waals surface area contributed by atoms with E-state index in [1.54, 1.807) is 13.3 Å². The van der Waals surface area contributed by atoms with E-state index < -0.39 is 0 Å². The second kappa shape index (κ2) is 4.83. The molecule has 2 aromatic carbocycles. The van der Waals surface area contributed by atoms with E-state index in [-0.39, 0.29) is 0 Å². The minimum absolute atomic E-state index is 0.301. The van der Waals surface area contributed by atoms with Gasteiger partial charge in [0.1, 0.15) is 5.75 Å². The summed E-state index contributed by atoms with van der Waals surface area (Å²) in [5.41, 5.74) is 3.85. The van der Waals surface area contributed by atoms with Gasteiger partial charge in [-0.3, -0.25) is 4.99 Å². The molecule has 0 saturated heterocycles. The molecule has 86 valence electrons. The smallest absolute Gasteiger partial charge is 0.127 e. The monoisotopic (exact) mass is 225 g/mol. The number of hydrogen-bond acceptors (Lipinski definition) is 2. The Balaban J connectivity index is 2.57. The number of hydrogen-bond donors (Lipinski definition) is 1. The fourth-order valence-corrected chi connectivity index (χ4v) is 1.84. The fourth-order valence-electron chi connectivity index (χ4n) is 1.84. The normalized spacial score (nSPS) is 10.9. The molecule has 0 unspecified atom stereocenters. The second-order valence-corrected chi connectivity index (χ2v) is 3.98. The molecule has 0 spiro atoms. The SMILES string of the molecule is CN=Cc1cc(-c2ccccc2)cc(C)c1O. The maximum atomic E-state index is 9.91. The summed E-state index contributed by atoms with van der Waals surface area (Å²) in [6.07, 6.45) is 1.68. The molecule has 2 rings (SSSR count). The first-order valence-corrected chi connectivity index (χ1v) is 5.53. The van der Waals surface area contributed by atoms with Crippen molar-refractivity contribution in [3.05, 3.63) is 53.6 Å². The maximum absolute atomic E-state index is 9.91. The molecule has 0 aliphatic heterocycles. The van der Waals surface area contributed by atoms with Gasteiger partial charge < -0.3 is 5.11 Å². The molecule has 0 amide bonds. The third kappa shape index (κ3) is 2.36. The Labute approximate surface area is 101 Å². The van der Waals surface area contributed by atoms with E-state index in [0.29, 0.717) is 5.75 Å². The highest BCUT2D eigenvalue weighted by Crippen LogP contribution is 2.28. The van der Waals surface area contributed by atoms with Crippen molar-refractivity contribution in [2.45, 2.75) is 6.92 Å². The van der Waals surface area contributed by atoms with E-state index in [0.717, 1.165) is 22.3 Å². The second-order valence-electron chi connectivity index (χ2n) is 3.98. The van der Waals surface area contributed by atoms with E-state index in [1.807, 2.05) is 37.3 Å².